The molecule has 2 saturated carbocycles. The molecule has 120 valence electrons. The van der Waals surface area contributed by atoms with Crippen LogP contribution in [0, 0.1) is 11.8 Å². The third kappa shape index (κ3) is 3.78. The molecule has 1 N–H and O–H groups in total. The summed E-state index contributed by atoms with van der Waals surface area (Å²) in [7, 11) is 1.52. The second-order valence-corrected chi connectivity index (χ2v) is 7.33. The van der Waals surface area contributed by atoms with Crippen molar-refractivity contribution in [3.63, 3.8) is 0 Å². The molecule has 3 atom stereocenters. The highest BCUT2D eigenvalue weighted by molar-refractivity contribution is 5.72. The molecule has 0 spiro atoms. The molecule has 0 amide bonds. The van der Waals surface area contributed by atoms with Crippen LogP contribution >= 0.6 is 0 Å². The zero-order valence-electron chi connectivity index (χ0n) is 13.5. The molecule has 0 aromatic rings. The lowest BCUT2D eigenvalue weighted by Gasteiger charge is -2.41. The van der Waals surface area contributed by atoms with Crippen molar-refractivity contribution < 1.29 is 9.53 Å². The third-order valence-electron chi connectivity index (χ3n) is 5.72. The van der Waals surface area contributed by atoms with Gasteiger partial charge in [-0.05, 0) is 44.9 Å². The minimum Gasteiger partial charge on any atom is -0.469 e. The number of rotatable bonds is 5. The number of ether oxygens (including phenoxy) is 1. The molecule has 0 aromatic carbocycles. The van der Waals surface area contributed by atoms with E-state index in [1.165, 1.54) is 45.6 Å². The Morgan fingerprint density at radius 3 is 2.48 bits per heavy atom. The van der Waals surface area contributed by atoms with Crippen LogP contribution in [0.15, 0.2) is 0 Å². The summed E-state index contributed by atoms with van der Waals surface area (Å²) in [6, 6.07) is 1.74. The maximum Gasteiger partial charge on any atom is 0.310 e. The van der Waals surface area contributed by atoms with Gasteiger partial charge in [-0.2, -0.15) is 0 Å². The maximum atomic E-state index is 12.0. The van der Waals surface area contributed by atoms with Crippen molar-refractivity contribution in [1.29, 1.82) is 0 Å². The quantitative estimate of drug-likeness (QED) is 0.789. The molecular formula is C17H30N2O2. The molecule has 1 aliphatic heterocycles. The molecule has 3 rings (SSSR count). The van der Waals surface area contributed by atoms with E-state index in [1.54, 1.807) is 0 Å². The Bertz CT molecular complexity index is 364. The van der Waals surface area contributed by atoms with Gasteiger partial charge in [-0.25, -0.2) is 0 Å². The van der Waals surface area contributed by atoms with E-state index in [1.807, 2.05) is 0 Å². The fourth-order valence-corrected chi connectivity index (χ4v) is 4.23. The van der Waals surface area contributed by atoms with Crippen LogP contribution in [0.3, 0.4) is 0 Å². The van der Waals surface area contributed by atoms with Crippen molar-refractivity contribution in [3.8, 4) is 0 Å². The molecule has 4 nitrogen and oxygen atoms in total. The van der Waals surface area contributed by atoms with Crippen LogP contribution in [0.5, 0.6) is 0 Å². The fourth-order valence-electron chi connectivity index (χ4n) is 4.23. The molecule has 0 aromatic heterocycles. The van der Waals surface area contributed by atoms with Gasteiger partial charge in [0.25, 0.3) is 0 Å². The van der Waals surface area contributed by atoms with Crippen LogP contribution in [-0.4, -0.2) is 49.2 Å². The van der Waals surface area contributed by atoms with Gasteiger partial charge in [0.15, 0.2) is 0 Å². The van der Waals surface area contributed by atoms with Gasteiger partial charge in [-0.1, -0.05) is 12.8 Å². The van der Waals surface area contributed by atoms with Gasteiger partial charge in [0.05, 0.1) is 13.0 Å². The summed E-state index contributed by atoms with van der Waals surface area (Å²) in [5.74, 6) is 0.873. The highest BCUT2D eigenvalue weighted by Gasteiger charge is 2.39. The number of likely N-dealkylation sites (tertiary alicyclic amines) is 1. The predicted octanol–water partition coefficient (Wildman–Crippen LogP) is 2.18. The van der Waals surface area contributed by atoms with E-state index >= 15 is 0 Å². The van der Waals surface area contributed by atoms with E-state index in [0.29, 0.717) is 18.1 Å². The zero-order chi connectivity index (χ0) is 14.8. The normalized spacial score (nSPS) is 33.0. The first-order valence-corrected chi connectivity index (χ1v) is 8.75. The SMILES string of the molecule is COC(=O)C1CC(NC2CCCC2)CN(C(C)C2CC2)C1. The molecule has 0 bridgehead atoms. The van der Waals surface area contributed by atoms with Crippen molar-refractivity contribution in [2.24, 2.45) is 11.8 Å². The smallest absolute Gasteiger partial charge is 0.310 e. The number of hydrogen-bond acceptors (Lipinski definition) is 4. The van der Waals surface area contributed by atoms with E-state index in [2.05, 4.69) is 17.1 Å². The zero-order valence-corrected chi connectivity index (χ0v) is 13.5. The Morgan fingerprint density at radius 2 is 1.86 bits per heavy atom. The fraction of sp³-hybridized carbons (Fsp3) is 0.941. The highest BCUT2D eigenvalue weighted by atomic mass is 16.5. The Kier molecular flexibility index (Phi) is 4.85. The van der Waals surface area contributed by atoms with Crippen molar-refractivity contribution in [2.45, 2.75) is 70.0 Å². The Balaban J connectivity index is 1.62. The van der Waals surface area contributed by atoms with Gasteiger partial charge in [-0.3, -0.25) is 9.69 Å². The lowest BCUT2D eigenvalue weighted by molar-refractivity contribution is -0.148. The number of carbonyl (C=O) groups is 1. The second kappa shape index (κ2) is 6.66. The molecule has 1 heterocycles. The first kappa shape index (κ1) is 15.3. The van der Waals surface area contributed by atoms with Gasteiger partial charge >= 0.3 is 5.97 Å². The summed E-state index contributed by atoms with van der Waals surface area (Å²) in [6.07, 6.45) is 8.98. The minimum absolute atomic E-state index is 0.0269. The molecule has 4 heteroatoms. The topological polar surface area (TPSA) is 41.6 Å². The Labute approximate surface area is 128 Å². The van der Waals surface area contributed by atoms with Gasteiger partial charge in [0.1, 0.15) is 0 Å². The van der Waals surface area contributed by atoms with Gasteiger partial charge < -0.3 is 10.1 Å². The van der Waals surface area contributed by atoms with Crippen molar-refractivity contribution in [3.05, 3.63) is 0 Å². The number of piperidine rings is 1. The number of nitrogens with one attached hydrogen (secondary N) is 1. The van der Waals surface area contributed by atoms with Crippen LogP contribution < -0.4 is 5.32 Å². The van der Waals surface area contributed by atoms with Crippen LogP contribution in [0.2, 0.25) is 0 Å². The largest absolute Gasteiger partial charge is 0.469 e. The molecule has 0 radical (unpaired) electrons. The molecular weight excluding hydrogens is 264 g/mol. The summed E-state index contributed by atoms with van der Waals surface area (Å²) in [6.45, 7) is 4.32. The molecule has 3 fully saturated rings. The molecule has 21 heavy (non-hydrogen) atoms. The lowest BCUT2D eigenvalue weighted by atomic mass is 9.92. The van der Waals surface area contributed by atoms with Crippen molar-refractivity contribution in [2.75, 3.05) is 20.2 Å². The lowest BCUT2D eigenvalue weighted by Crippen LogP contribution is -2.55. The molecule has 3 unspecified atom stereocenters. The maximum absolute atomic E-state index is 12.0. The highest BCUT2D eigenvalue weighted by Crippen LogP contribution is 2.37. The van der Waals surface area contributed by atoms with E-state index < -0.39 is 0 Å². The average Bonchev–Trinajstić information content (AvgIpc) is 3.23. The molecule has 2 aliphatic carbocycles. The third-order valence-corrected chi connectivity index (χ3v) is 5.72. The number of methoxy groups -OCH3 is 1. The van der Waals surface area contributed by atoms with E-state index in [0.717, 1.165) is 25.4 Å². The Morgan fingerprint density at radius 1 is 1.14 bits per heavy atom. The molecule has 1 saturated heterocycles. The summed E-state index contributed by atoms with van der Waals surface area (Å²) >= 11 is 0. The van der Waals surface area contributed by atoms with E-state index in [9.17, 15) is 4.79 Å². The van der Waals surface area contributed by atoms with Crippen LogP contribution in [0.25, 0.3) is 0 Å². The van der Waals surface area contributed by atoms with E-state index in [4.69, 9.17) is 4.74 Å². The number of hydrogen-bond donors (Lipinski definition) is 1. The van der Waals surface area contributed by atoms with Crippen molar-refractivity contribution >= 4 is 5.97 Å². The van der Waals surface area contributed by atoms with Gasteiger partial charge in [-0.15, -0.1) is 0 Å². The summed E-state index contributed by atoms with van der Waals surface area (Å²) in [4.78, 5) is 14.6. The van der Waals surface area contributed by atoms with Crippen LogP contribution in [-0.2, 0) is 9.53 Å². The van der Waals surface area contributed by atoms with Crippen LogP contribution in [0.4, 0.5) is 0 Å². The summed E-state index contributed by atoms with van der Waals surface area (Å²) in [5, 5.41) is 3.82. The average molecular weight is 294 g/mol. The van der Waals surface area contributed by atoms with Gasteiger partial charge in [0.2, 0.25) is 0 Å². The standard InChI is InChI=1S/C17H30N2O2/c1-12(13-7-8-13)19-10-14(17(20)21-2)9-16(11-19)18-15-5-3-4-6-15/h12-16,18H,3-11H2,1-2H3. The van der Waals surface area contributed by atoms with Crippen molar-refractivity contribution in [1.82, 2.24) is 10.2 Å². The summed E-state index contributed by atoms with van der Waals surface area (Å²) in [5.41, 5.74) is 0. The van der Waals surface area contributed by atoms with Gasteiger partial charge in [0, 0.05) is 31.2 Å². The first-order valence-electron chi connectivity index (χ1n) is 8.75. The summed E-state index contributed by atoms with van der Waals surface area (Å²) < 4.78 is 5.02. The first-order chi connectivity index (χ1) is 10.2. The number of esters is 1. The van der Waals surface area contributed by atoms with Crippen LogP contribution in [0.1, 0.15) is 51.9 Å². The predicted molar refractivity (Wildman–Crippen MR) is 83.1 cm³/mol. The number of nitrogens with zero attached hydrogens (tertiary/aromatic N) is 1. The monoisotopic (exact) mass is 294 g/mol. The van der Waals surface area contributed by atoms with E-state index in [-0.39, 0.29) is 11.9 Å². The Hall–Kier alpha value is -0.610. The molecule has 3 aliphatic rings. The minimum atomic E-state index is -0.0269. The number of carbonyl (C=O) groups excluding carboxylic acids is 1. The second-order valence-electron chi connectivity index (χ2n) is 7.33.